The molecular weight excluding hydrogens is 474 g/mol. The average molecular weight is 500 g/mol. The lowest BCUT2D eigenvalue weighted by Crippen LogP contribution is -2.28. The van der Waals surface area contributed by atoms with Crippen molar-refractivity contribution in [2.45, 2.75) is 6.54 Å². The molecule has 0 saturated heterocycles. The number of ether oxygens (including phenoxy) is 3. The molecule has 0 aliphatic heterocycles. The molecule has 1 N–H and O–H groups in total. The first-order valence-corrected chi connectivity index (χ1v) is 11.2. The molecule has 0 spiro atoms. The van der Waals surface area contributed by atoms with Gasteiger partial charge in [0.1, 0.15) is 17.2 Å². The van der Waals surface area contributed by atoms with E-state index in [1.807, 2.05) is 18.2 Å². The van der Waals surface area contributed by atoms with Gasteiger partial charge >= 0.3 is 0 Å². The summed E-state index contributed by atoms with van der Waals surface area (Å²) in [4.78, 5) is 22.4. The monoisotopic (exact) mass is 499 g/mol. The van der Waals surface area contributed by atoms with Gasteiger partial charge in [-0.05, 0) is 47.0 Å². The Bertz CT molecular complexity index is 1340. The summed E-state index contributed by atoms with van der Waals surface area (Å²) in [6.45, 7) is 0.201. The normalized spacial score (nSPS) is 10.7. The van der Waals surface area contributed by atoms with Crippen LogP contribution in [0.5, 0.6) is 17.2 Å². The van der Waals surface area contributed by atoms with Gasteiger partial charge in [0.25, 0.3) is 5.91 Å². The first-order valence-electron chi connectivity index (χ1n) is 11.2. The van der Waals surface area contributed by atoms with Crippen LogP contribution in [0.1, 0.15) is 27.8 Å². The molecule has 0 bridgehead atoms. The smallest absolute Gasteiger partial charge is 0.258 e. The molecule has 1 amide bonds. The summed E-state index contributed by atoms with van der Waals surface area (Å²) >= 11 is 0. The Kier molecular flexibility index (Phi) is 9.39. The van der Waals surface area contributed by atoms with Gasteiger partial charge in [-0.15, -0.1) is 0 Å². The fourth-order valence-corrected chi connectivity index (χ4v) is 3.32. The predicted molar refractivity (Wildman–Crippen MR) is 139 cm³/mol. The number of hydrogen-bond donors (Lipinski definition) is 1. The van der Waals surface area contributed by atoms with Crippen molar-refractivity contribution in [3.8, 4) is 23.3 Å². The van der Waals surface area contributed by atoms with Crippen LogP contribution in [0.4, 0.5) is 0 Å². The van der Waals surface area contributed by atoms with Gasteiger partial charge < -0.3 is 19.5 Å². The van der Waals surface area contributed by atoms with Crippen molar-refractivity contribution in [2.75, 3.05) is 20.8 Å². The van der Waals surface area contributed by atoms with Crippen molar-refractivity contribution < 1.29 is 23.9 Å². The zero-order valence-corrected chi connectivity index (χ0v) is 20.3. The third-order valence-electron chi connectivity index (χ3n) is 5.24. The summed E-state index contributed by atoms with van der Waals surface area (Å²) in [6.07, 6.45) is 5.87. The van der Waals surface area contributed by atoms with E-state index < -0.39 is 4.92 Å². The van der Waals surface area contributed by atoms with E-state index in [1.54, 1.807) is 54.6 Å². The van der Waals surface area contributed by atoms with E-state index in [0.29, 0.717) is 40.5 Å². The number of carbonyl (C=O) groups excluding carboxylic acids is 1. The number of benzene rings is 3. The minimum absolute atomic E-state index is 0.138. The van der Waals surface area contributed by atoms with Crippen molar-refractivity contribution in [3.63, 3.8) is 0 Å². The summed E-state index contributed by atoms with van der Waals surface area (Å²) in [5, 5.41) is 22.4. The number of nitrogens with zero attached hydrogens (tertiary/aromatic N) is 2. The second-order valence-electron chi connectivity index (χ2n) is 7.71. The minimum Gasteiger partial charge on any atom is -0.497 e. The number of carbonyl (C=O) groups is 1. The third kappa shape index (κ3) is 7.97. The molecule has 0 heterocycles. The average Bonchev–Trinajstić information content (AvgIpc) is 2.93. The summed E-state index contributed by atoms with van der Waals surface area (Å²) in [7, 11) is 3.01. The molecule has 0 radical (unpaired) electrons. The predicted octanol–water partition coefficient (Wildman–Crippen LogP) is 4.69. The highest BCUT2D eigenvalue weighted by atomic mass is 16.6. The van der Waals surface area contributed by atoms with E-state index in [1.165, 1.54) is 20.3 Å². The molecule has 9 nitrogen and oxygen atoms in total. The quantitative estimate of drug-likeness (QED) is 0.231. The van der Waals surface area contributed by atoms with Gasteiger partial charge in [0, 0.05) is 24.3 Å². The highest BCUT2D eigenvalue weighted by Gasteiger charge is 2.10. The summed E-state index contributed by atoms with van der Waals surface area (Å²) in [5.74, 6) is 1.26. The molecule has 0 fully saturated rings. The van der Waals surface area contributed by atoms with Gasteiger partial charge in [-0.25, -0.2) is 0 Å². The first kappa shape index (κ1) is 26.5. The van der Waals surface area contributed by atoms with Crippen molar-refractivity contribution in [3.05, 3.63) is 105 Å². The largest absolute Gasteiger partial charge is 0.497 e. The molecule has 0 aliphatic carbocycles. The van der Waals surface area contributed by atoms with E-state index in [-0.39, 0.29) is 12.5 Å². The Balaban J connectivity index is 1.62. The molecule has 3 rings (SSSR count). The van der Waals surface area contributed by atoms with Crippen molar-refractivity contribution in [1.82, 2.24) is 5.32 Å². The molecule has 9 heteroatoms. The van der Waals surface area contributed by atoms with Crippen molar-refractivity contribution >= 4 is 24.1 Å². The van der Waals surface area contributed by atoms with E-state index in [0.717, 1.165) is 17.3 Å². The van der Waals surface area contributed by atoms with Gasteiger partial charge in [0.2, 0.25) is 6.20 Å². The van der Waals surface area contributed by atoms with Crippen LogP contribution in [0.3, 0.4) is 0 Å². The number of nitrogens with one attached hydrogen (secondary N) is 1. The van der Waals surface area contributed by atoms with Crippen LogP contribution in [0.25, 0.3) is 18.2 Å². The van der Waals surface area contributed by atoms with Crippen LogP contribution >= 0.6 is 0 Å². The van der Waals surface area contributed by atoms with Crippen LogP contribution in [-0.2, 0) is 11.3 Å². The summed E-state index contributed by atoms with van der Waals surface area (Å²) in [5.41, 5.74) is 3.52. The lowest BCUT2D eigenvalue weighted by Gasteiger charge is -2.11. The molecule has 0 aliphatic rings. The Morgan fingerprint density at radius 1 is 1.00 bits per heavy atom. The highest BCUT2D eigenvalue weighted by molar-refractivity contribution is 5.79. The molecule has 0 aromatic heterocycles. The molecule has 0 unspecified atom stereocenters. The van der Waals surface area contributed by atoms with E-state index >= 15 is 0 Å². The standard InChI is InChI=1S/C28H25N3O6/c1-35-25-15-23(26(13-14-31(33)34)27(16-25)36-2)10-7-20-8-11-24(12-9-20)37-19-28(32)30-18-22-5-3-21(17-29)4-6-22/h3-16H,18-19H2,1-2H3,(H,30,32)/b10-7+,14-13+. The minimum atomic E-state index is -0.538. The van der Waals surface area contributed by atoms with Gasteiger partial charge in [-0.1, -0.05) is 36.4 Å². The topological polar surface area (TPSA) is 124 Å². The van der Waals surface area contributed by atoms with Gasteiger partial charge in [0.15, 0.2) is 6.61 Å². The second-order valence-corrected chi connectivity index (χ2v) is 7.71. The van der Waals surface area contributed by atoms with E-state index in [2.05, 4.69) is 11.4 Å². The number of hydrogen-bond acceptors (Lipinski definition) is 7. The number of nitro groups is 1. The van der Waals surface area contributed by atoms with Crippen LogP contribution in [0, 0.1) is 21.4 Å². The lowest BCUT2D eigenvalue weighted by molar-refractivity contribution is -0.400. The van der Waals surface area contributed by atoms with Crippen molar-refractivity contribution in [2.24, 2.45) is 0 Å². The zero-order chi connectivity index (χ0) is 26.6. The second kappa shape index (κ2) is 13.1. The van der Waals surface area contributed by atoms with Crippen LogP contribution < -0.4 is 19.5 Å². The Labute approximate surface area is 214 Å². The number of nitriles is 1. The van der Waals surface area contributed by atoms with Gasteiger partial charge in [-0.3, -0.25) is 14.9 Å². The number of methoxy groups -OCH3 is 2. The maximum Gasteiger partial charge on any atom is 0.258 e. The molecule has 188 valence electrons. The maximum atomic E-state index is 12.1. The Hall–Kier alpha value is -5.10. The van der Waals surface area contributed by atoms with Crippen LogP contribution in [0.2, 0.25) is 0 Å². The molecular formula is C28H25N3O6. The summed E-state index contributed by atoms with van der Waals surface area (Å²) < 4.78 is 16.2. The van der Waals surface area contributed by atoms with Gasteiger partial charge in [-0.2, -0.15) is 5.26 Å². The zero-order valence-electron chi connectivity index (χ0n) is 20.3. The molecule has 3 aromatic rings. The highest BCUT2D eigenvalue weighted by Crippen LogP contribution is 2.31. The van der Waals surface area contributed by atoms with Crippen LogP contribution in [-0.4, -0.2) is 31.7 Å². The fourth-order valence-electron chi connectivity index (χ4n) is 3.32. The molecule has 0 saturated carbocycles. The number of rotatable bonds is 11. The molecule has 3 aromatic carbocycles. The van der Waals surface area contributed by atoms with E-state index in [4.69, 9.17) is 19.5 Å². The van der Waals surface area contributed by atoms with E-state index in [9.17, 15) is 14.9 Å². The molecule has 37 heavy (non-hydrogen) atoms. The first-order chi connectivity index (χ1) is 17.9. The van der Waals surface area contributed by atoms with Crippen LogP contribution in [0.15, 0.2) is 66.9 Å². The third-order valence-corrected chi connectivity index (χ3v) is 5.24. The summed E-state index contributed by atoms with van der Waals surface area (Å²) in [6, 6.07) is 19.6. The van der Waals surface area contributed by atoms with Crippen molar-refractivity contribution in [1.29, 1.82) is 5.26 Å². The van der Waals surface area contributed by atoms with Gasteiger partial charge in [0.05, 0.1) is 30.8 Å². The Morgan fingerprint density at radius 3 is 2.35 bits per heavy atom. The lowest BCUT2D eigenvalue weighted by atomic mass is 10.0. The molecule has 0 atom stereocenters. The fraction of sp³-hybridized carbons (Fsp3) is 0.143. The number of amides is 1. The Morgan fingerprint density at radius 2 is 1.73 bits per heavy atom. The maximum absolute atomic E-state index is 12.1. The SMILES string of the molecule is COc1cc(/C=C/c2ccc(OCC(=O)NCc3ccc(C#N)cc3)cc2)c(/C=C/[N+](=O)[O-])c(OC)c1.